The number of benzene rings is 2. The van der Waals surface area contributed by atoms with Crippen molar-refractivity contribution >= 4 is 17.7 Å². The molecule has 0 aromatic heterocycles. The van der Waals surface area contributed by atoms with Crippen LogP contribution in [0.4, 0.5) is 0 Å². The standard InChI is InChI=1S/C20H21ClN2O2/c1-23(2)9-5-7-15-6-4-8-16(10-15)18-11-17(13-22)19(21)12-20(18)25-14-24-3/h4-8,10-12H,9,14H2,1-3H3/b7-5+. The van der Waals surface area contributed by atoms with E-state index in [1.54, 1.807) is 19.2 Å². The van der Waals surface area contributed by atoms with Gasteiger partial charge < -0.3 is 14.4 Å². The quantitative estimate of drug-likeness (QED) is 0.688. The number of ether oxygens (including phenoxy) is 2. The second-order valence-corrected chi connectivity index (χ2v) is 6.19. The van der Waals surface area contributed by atoms with Gasteiger partial charge in [-0.05, 0) is 37.4 Å². The van der Waals surface area contributed by atoms with Crippen molar-refractivity contribution in [3.63, 3.8) is 0 Å². The molecule has 2 aromatic rings. The van der Waals surface area contributed by atoms with Crippen molar-refractivity contribution in [3.05, 3.63) is 58.6 Å². The molecule has 0 saturated heterocycles. The molecule has 0 aliphatic rings. The number of halogens is 1. The van der Waals surface area contributed by atoms with E-state index in [0.717, 1.165) is 23.2 Å². The van der Waals surface area contributed by atoms with E-state index in [2.05, 4.69) is 29.2 Å². The van der Waals surface area contributed by atoms with Gasteiger partial charge in [-0.15, -0.1) is 0 Å². The molecular formula is C20H21ClN2O2. The smallest absolute Gasteiger partial charge is 0.188 e. The van der Waals surface area contributed by atoms with Gasteiger partial charge in [0.05, 0.1) is 10.6 Å². The van der Waals surface area contributed by atoms with Crippen molar-refractivity contribution in [2.45, 2.75) is 0 Å². The number of nitriles is 1. The molecule has 0 heterocycles. The maximum atomic E-state index is 9.26. The Kier molecular flexibility index (Phi) is 7.03. The van der Waals surface area contributed by atoms with Gasteiger partial charge in [-0.25, -0.2) is 0 Å². The molecule has 2 aromatic carbocycles. The zero-order valence-electron chi connectivity index (χ0n) is 14.6. The van der Waals surface area contributed by atoms with Crippen LogP contribution in [0.2, 0.25) is 5.02 Å². The molecule has 0 unspecified atom stereocenters. The Morgan fingerprint density at radius 1 is 1.24 bits per heavy atom. The second-order valence-electron chi connectivity index (χ2n) is 5.78. The number of methoxy groups -OCH3 is 1. The van der Waals surface area contributed by atoms with E-state index >= 15 is 0 Å². The van der Waals surface area contributed by atoms with E-state index in [0.29, 0.717) is 16.3 Å². The highest BCUT2D eigenvalue weighted by molar-refractivity contribution is 6.32. The Hall–Kier alpha value is -2.32. The normalized spacial score (nSPS) is 11.0. The largest absolute Gasteiger partial charge is 0.467 e. The fourth-order valence-electron chi connectivity index (χ4n) is 2.32. The molecule has 0 atom stereocenters. The summed E-state index contributed by atoms with van der Waals surface area (Å²) in [7, 11) is 5.61. The highest BCUT2D eigenvalue weighted by atomic mass is 35.5. The maximum absolute atomic E-state index is 9.26. The van der Waals surface area contributed by atoms with Gasteiger partial charge in [0.2, 0.25) is 0 Å². The first kappa shape index (κ1) is 19.0. The Morgan fingerprint density at radius 3 is 2.72 bits per heavy atom. The van der Waals surface area contributed by atoms with E-state index in [1.165, 1.54) is 0 Å². The summed E-state index contributed by atoms with van der Waals surface area (Å²) in [6.07, 6.45) is 4.17. The summed E-state index contributed by atoms with van der Waals surface area (Å²) in [6.45, 7) is 0.976. The van der Waals surface area contributed by atoms with Crippen molar-refractivity contribution < 1.29 is 9.47 Å². The molecule has 0 spiro atoms. The van der Waals surface area contributed by atoms with Crippen molar-refractivity contribution in [2.75, 3.05) is 34.5 Å². The highest BCUT2D eigenvalue weighted by Crippen LogP contribution is 2.35. The van der Waals surface area contributed by atoms with Gasteiger partial charge in [0.1, 0.15) is 11.8 Å². The predicted molar refractivity (Wildman–Crippen MR) is 102 cm³/mol. The van der Waals surface area contributed by atoms with Gasteiger partial charge in [0, 0.05) is 25.3 Å². The van der Waals surface area contributed by atoms with Crippen molar-refractivity contribution in [3.8, 4) is 22.9 Å². The molecule has 0 aliphatic carbocycles. The first-order chi connectivity index (χ1) is 12.0. The molecule has 130 valence electrons. The minimum atomic E-state index is 0.109. The Morgan fingerprint density at radius 2 is 2.04 bits per heavy atom. The number of hydrogen-bond donors (Lipinski definition) is 0. The molecule has 0 saturated carbocycles. The number of hydrogen-bond acceptors (Lipinski definition) is 4. The third-order valence-electron chi connectivity index (χ3n) is 3.50. The summed E-state index contributed by atoms with van der Waals surface area (Å²) in [5, 5.41) is 9.62. The lowest BCUT2D eigenvalue weighted by atomic mass is 10.00. The third kappa shape index (κ3) is 5.33. The minimum absolute atomic E-state index is 0.109. The molecule has 0 N–H and O–H groups in total. The first-order valence-corrected chi connectivity index (χ1v) is 8.20. The Bertz CT molecular complexity index is 795. The molecule has 5 heteroatoms. The summed E-state index contributed by atoms with van der Waals surface area (Å²) in [5.41, 5.74) is 3.24. The average molecular weight is 357 g/mol. The zero-order chi connectivity index (χ0) is 18.2. The van der Waals surface area contributed by atoms with Crippen LogP contribution in [0.5, 0.6) is 5.75 Å². The average Bonchev–Trinajstić information content (AvgIpc) is 2.60. The molecule has 0 aliphatic heterocycles. The van der Waals surface area contributed by atoms with Gasteiger partial charge in [-0.3, -0.25) is 0 Å². The fraction of sp³-hybridized carbons (Fsp3) is 0.250. The third-order valence-corrected chi connectivity index (χ3v) is 3.81. The Labute approximate surface area is 153 Å². The van der Waals surface area contributed by atoms with E-state index in [-0.39, 0.29) is 6.79 Å². The molecule has 4 nitrogen and oxygen atoms in total. The molecule has 0 radical (unpaired) electrons. The summed E-state index contributed by atoms with van der Waals surface area (Å²) in [5.74, 6) is 0.584. The van der Waals surface area contributed by atoms with E-state index < -0.39 is 0 Å². The van der Waals surface area contributed by atoms with E-state index in [4.69, 9.17) is 21.1 Å². The molecule has 25 heavy (non-hydrogen) atoms. The maximum Gasteiger partial charge on any atom is 0.188 e. The SMILES string of the molecule is COCOc1cc(Cl)c(C#N)cc1-c1cccc(/C=C/CN(C)C)c1. The van der Waals surface area contributed by atoms with E-state index in [1.807, 2.05) is 32.3 Å². The summed E-state index contributed by atoms with van der Waals surface area (Å²) < 4.78 is 10.6. The van der Waals surface area contributed by atoms with Crippen LogP contribution in [-0.4, -0.2) is 39.4 Å². The van der Waals surface area contributed by atoms with Crippen LogP contribution in [0.15, 0.2) is 42.5 Å². The number of nitrogens with zero attached hydrogens (tertiary/aromatic N) is 2. The fourth-order valence-corrected chi connectivity index (χ4v) is 2.51. The van der Waals surface area contributed by atoms with Gasteiger partial charge in [-0.2, -0.15) is 5.26 Å². The van der Waals surface area contributed by atoms with Crippen LogP contribution < -0.4 is 4.74 Å². The van der Waals surface area contributed by atoms with Crippen LogP contribution in [0.1, 0.15) is 11.1 Å². The number of rotatable bonds is 7. The van der Waals surface area contributed by atoms with E-state index in [9.17, 15) is 5.26 Å². The molecule has 0 amide bonds. The number of likely N-dealkylation sites (N-methyl/N-ethyl adjacent to an activating group) is 1. The highest BCUT2D eigenvalue weighted by Gasteiger charge is 2.12. The van der Waals surface area contributed by atoms with Gasteiger partial charge in [-0.1, -0.05) is 42.0 Å². The molecular weight excluding hydrogens is 336 g/mol. The van der Waals surface area contributed by atoms with Gasteiger partial charge in [0.15, 0.2) is 6.79 Å². The van der Waals surface area contributed by atoms with Crippen LogP contribution >= 0.6 is 11.6 Å². The monoisotopic (exact) mass is 356 g/mol. The molecule has 0 fully saturated rings. The zero-order valence-corrected chi connectivity index (χ0v) is 15.4. The minimum Gasteiger partial charge on any atom is -0.467 e. The van der Waals surface area contributed by atoms with Crippen LogP contribution in [0.25, 0.3) is 17.2 Å². The van der Waals surface area contributed by atoms with Gasteiger partial charge in [0.25, 0.3) is 0 Å². The van der Waals surface area contributed by atoms with Crippen LogP contribution in [0.3, 0.4) is 0 Å². The van der Waals surface area contributed by atoms with Gasteiger partial charge >= 0.3 is 0 Å². The topological polar surface area (TPSA) is 45.5 Å². The molecule has 0 bridgehead atoms. The molecule has 2 rings (SSSR count). The lowest BCUT2D eigenvalue weighted by Gasteiger charge is -2.13. The van der Waals surface area contributed by atoms with Crippen LogP contribution in [0, 0.1) is 11.3 Å². The summed E-state index contributed by atoms with van der Waals surface area (Å²) >= 11 is 6.14. The van der Waals surface area contributed by atoms with Crippen molar-refractivity contribution in [2.24, 2.45) is 0 Å². The summed E-state index contributed by atoms with van der Waals surface area (Å²) in [6, 6.07) is 13.6. The first-order valence-electron chi connectivity index (χ1n) is 7.82. The Balaban J connectivity index is 2.42. The predicted octanol–water partition coefficient (Wildman–Crippen LogP) is 4.44. The lowest BCUT2D eigenvalue weighted by Crippen LogP contribution is -2.10. The van der Waals surface area contributed by atoms with Crippen LogP contribution in [-0.2, 0) is 4.74 Å². The van der Waals surface area contributed by atoms with Crippen molar-refractivity contribution in [1.29, 1.82) is 5.26 Å². The second kappa shape index (κ2) is 9.24. The summed E-state index contributed by atoms with van der Waals surface area (Å²) in [4.78, 5) is 2.09. The van der Waals surface area contributed by atoms with Crippen molar-refractivity contribution in [1.82, 2.24) is 4.90 Å². The lowest BCUT2D eigenvalue weighted by molar-refractivity contribution is 0.0515.